The van der Waals surface area contributed by atoms with Crippen LogP contribution in [-0.2, 0) is 21.7 Å². The van der Waals surface area contributed by atoms with Crippen LogP contribution in [0.4, 0.5) is 0 Å². The van der Waals surface area contributed by atoms with E-state index >= 15 is 0 Å². The Labute approximate surface area is 217 Å². The van der Waals surface area contributed by atoms with Gasteiger partial charge in [0.25, 0.3) is 0 Å². The number of benzene rings is 1. The standard InChI is InChI=1S/C32H46S2/c1-21(2)25-17-19-27(33-25)31(9,10)29(5,6)23-13-15-24(16-14-23)30(7,8)32(11,12)28-20-18-26(34-28)22(3)4/h13-22H,1-12H3. The lowest BCUT2D eigenvalue weighted by Gasteiger charge is -2.44. The Kier molecular flexibility index (Phi) is 7.40. The van der Waals surface area contributed by atoms with Crippen molar-refractivity contribution in [2.45, 2.75) is 117 Å². The number of rotatable bonds is 8. The van der Waals surface area contributed by atoms with Crippen LogP contribution >= 0.6 is 22.7 Å². The second-order valence-electron chi connectivity index (χ2n) is 12.8. The Balaban J connectivity index is 1.93. The molecule has 2 heterocycles. The van der Waals surface area contributed by atoms with Crippen LogP contribution in [0.15, 0.2) is 48.5 Å². The van der Waals surface area contributed by atoms with Gasteiger partial charge < -0.3 is 0 Å². The molecule has 2 aromatic heterocycles. The van der Waals surface area contributed by atoms with E-state index in [1.807, 2.05) is 22.7 Å². The molecule has 0 bridgehead atoms. The summed E-state index contributed by atoms with van der Waals surface area (Å²) < 4.78 is 0. The lowest BCUT2D eigenvalue weighted by Crippen LogP contribution is -2.41. The van der Waals surface area contributed by atoms with Crippen LogP contribution in [0.5, 0.6) is 0 Å². The number of hydrogen-bond acceptors (Lipinski definition) is 2. The normalized spacial score (nSPS) is 13.8. The lowest BCUT2D eigenvalue weighted by atomic mass is 9.61. The van der Waals surface area contributed by atoms with Gasteiger partial charge in [0.15, 0.2) is 0 Å². The minimum atomic E-state index is 0.0181. The highest BCUT2D eigenvalue weighted by molar-refractivity contribution is 7.12. The zero-order chi connectivity index (χ0) is 25.7. The van der Waals surface area contributed by atoms with Crippen LogP contribution < -0.4 is 0 Å². The average molecular weight is 495 g/mol. The van der Waals surface area contributed by atoms with Gasteiger partial charge >= 0.3 is 0 Å². The van der Waals surface area contributed by atoms with Crippen LogP contribution in [-0.4, -0.2) is 0 Å². The SMILES string of the molecule is CC(C)c1ccc(C(C)(C)C(C)(C)c2ccc(C(C)(C)C(C)(C)c3ccc(C(C)C)s3)cc2)s1. The van der Waals surface area contributed by atoms with E-state index in [0.717, 1.165) is 0 Å². The van der Waals surface area contributed by atoms with E-state index in [-0.39, 0.29) is 21.7 Å². The molecule has 1 aromatic carbocycles. The monoisotopic (exact) mass is 494 g/mol. The predicted molar refractivity (Wildman–Crippen MR) is 155 cm³/mol. The van der Waals surface area contributed by atoms with E-state index in [2.05, 4.69) is 132 Å². The molecule has 34 heavy (non-hydrogen) atoms. The largest absolute Gasteiger partial charge is 0.145 e. The first-order valence-corrected chi connectivity index (χ1v) is 14.5. The van der Waals surface area contributed by atoms with Crippen molar-refractivity contribution in [2.24, 2.45) is 0 Å². The van der Waals surface area contributed by atoms with Crippen molar-refractivity contribution in [3.63, 3.8) is 0 Å². The number of hydrogen-bond donors (Lipinski definition) is 0. The van der Waals surface area contributed by atoms with Gasteiger partial charge in [-0.1, -0.05) is 107 Å². The van der Waals surface area contributed by atoms with Crippen molar-refractivity contribution >= 4 is 22.7 Å². The molecule has 0 N–H and O–H groups in total. The van der Waals surface area contributed by atoms with Crippen molar-refractivity contribution in [1.29, 1.82) is 0 Å². The maximum absolute atomic E-state index is 2.41. The van der Waals surface area contributed by atoms with Gasteiger partial charge in [-0.15, -0.1) is 22.7 Å². The Morgan fingerprint density at radius 1 is 0.441 bits per heavy atom. The fraction of sp³-hybridized carbons (Fsp3) is 0.562. The molecule has 186 valence electrons. The fourth-order valence-corrected chi connectivity index (χ4v) is 7.18. The second-order valence-corrected chi connectivity index (χ2v) is 15.0. The summed E-state index contributed by atoms with van der Waals surface area (Å²) in [5, 5.41) is 0. The molecule has 0 atom stereocenters. The minimum Gasteiger partial charge on any atom is -0.145 e. The third-order valence-corrected chi connectivity index (χ3v) is 12.5. The summed E-state index contributed by atoms with van der Waals surface area (Å²) in [5.41, 5.74) is 2.95. The van der Waals surface area contributed by atoms with E-state index in [0.29, 0.717) is 11.8 Å². The quantitative estimate of drug-likeness (QED) is 0.292. The van der Waals surface area contributed by atoms with Crippen LogP contribution in [0.25, 0.3) is 0 Å². The molecule has 0 saturated heterocycles. The number of thiophene rings is 2. The molecular formula is C32H46S2. The van der Waals surface area contributed by atoms with E-state index in [4.69, 9.17) is 0 Å². The predicted octanol–water partition coefficient (Wildman–Crippen LogP) is 10.6. The van der Waals surface area contributed by atoms with E-state index < -0.39 is 0 Å². The van der Waals surface area contributed by atoms with Crippen LogP contribution in [0.2, 0.25) is 0 Å². The first-order valence-electron chi connectivity index (χ1n) is 12.8. The maximum Gasteiger partial charge on any atom is 0.0113 e. The minimum absolute atomic E-state index is 0.0181. The summed E-state index contributed by atoms with van der Waals surface area (Å²) in [4.78, 5) is 5.91. The summed E-state index contributed by atoms with van der Waals surface area (Å²) in [6, 6.07) is 18.9. The lowest BCUT2D eigenvalue weighted by molar-refractivity contribution is 0.303. The van der Waals surface area contributed by atoms with Crippen molar-refractivity contribution < 1.29 is 0 Å². The first-order chi connectivity index (χ1) is 15.5. The fourth-order valence-electron chi connectivity index (χ4n) is 4.64. The maximum atomic E-state index is 2.41. The topological polar surface area (TPSA) is 0 Å². The average Bonchev–Trinajstić information content (AvgIpc) is 3.44. The zero-order valence-electron chi connectivity index (χ0n) is 23.6. The van der Waals surface area contributed by atoms with E-state index in [9.17, 15) is 0 Å². The van der Waals surface area contributed by atoms with Gasteiger partial charge in [0.05, 0.1) is 0 Å². The molecule has 0 aliphatic heterocycles. The second kappa shape index (κ2) is 9.25. The third kappa shape index (κ3) is 4.58. The molecule has 0 radical (unpaired) electrons. The molecule has 0 amide bonds. The van der Waals surface area contributed by atoms with E-state index in [1.165, 1.54) is 30.6 Å². The van der Waals surface area contributed by atoms with Gasteiger partial charge in [-0.05, 0) is 58.1 Å². The van der Waals surface area contributed by atoms with Crippen LogP contribution in [0, 0.1) is 0 Å². The van der Waals surface area contributed by atoms with Gasteiger partial charge in [-0.2, -0.15) is 0 Å². The van der Waals surface area contributed by atoms with Crippen molar-refractivity contribution in [3.05, 3.63) is 79.2 Å². The van der Waals surface area contributed by atoms with Crippen molar-refractivity contribution in [3.8, 4) is 0 Å². The molecule has 0 aliphatic rings. The Hall–Kier alpha value is -1.38. The summed E-state index contributed by atoms with van der Waals surface area (Å²) in [5.74, 6) is 1.17. The van der Waals surface area contributed by atoms with Crippen LogP contribution in [0.1, 0.15) is 126 Å². The first kappa shape index (κ1) is 27.2. The summed E-state index contributed by atoms with van der Waals surface area (Å²) in [7, 11) is 0. The molecular weight excluding hydrogens is 448 g/mol. The van der Waals surface area contributed by atoms with Gasteiger partial charge in [-0.25, -0.2) is 0 Å². The van der Waals surface area contributed by atoms with Gasteiger partial charge in [-0.3, -0.25) is 0 Å². The van der Waals surface area contributed by atoms with Gasteiger partial charge in [0.2, 0.25) is 0 Å². The van der Waals surface area contributed by atoms with Crippen LogP contribution in [0.3, 0.4) is 0 Å². The molecule has 0 spiro atoms. The smallest absolute Gasteiger partial charge is 0.0113 e. The molecule has 2 heteroatoms. The molecule has 3 rings (SSSR count). The molecule has 0 nitrogen and oxygen atoms in total. The van der Waals surface area contributed by atoms with Gasteiger partial charge in [0.1, 0.15) is 0 Å². The Morgan fingerprint density at radius 3 is 0.971 bits per heavy atom. The molecule has 0 aliphatic carbocycles. The molecule has 3 aromatic rings. The summed E-state index contributed by atoms with van der Waals surface area (Å²) >= 11 is 3.97. The highest BCUT2D eigenvalue weighted by Gasteiger charge is 2.43. The Morgan fingerprint density at radius 2 is 0.735 bits per heavy atom. The molecule has 0 fully saturated rings. The molecule has 0 saturated carbocycles. The van der Waals surface area contributed by atoms with E-state index in [1.54, 1.807) is 0 Å². The Bertz CT molecular complexity index is 1010. The van der Waals surface area contributed by atoms with Crippen molar-refractivity contribution in [2.75, 3.05) is 0 Å². The summed E-state index contributed by atoms with van der Waals surface area (Å²) in [6.45, 7) is 28.4. The summed E-state index contributed by atoms with van der Waals surface area (Å²) in [6.07, 6.45) is 0. The van der Waals surface area contributed by atoms with Gasteiger partial charge in [0, 0.05) is 30.3 Å². The molecule has 0 unspecified atom stereocenters. The highest BCUT2D eigenvalue weighted by Crippen LogP contribution is 2.49. The third-order valence-electron chi connectivity index (χ3n) is 9.08. The zero-order valence-corrected chi connectivity index (χ0v) is 25.2. The highest BCUT2D eigenvalue weighted by atomic mass is 32.1. The van der Waals surface area contributed by atoms with Crippen molar-refractivity contribution in [1.82, 2.24) is 0 Å².